The van der Waals surface area contributed by atoms with Crippen molar-refractivity contribution in [2.45, 2.75) is 38.6 Å². The van der Waals surface area contributed by atoms with Gasteiger partial charge < -0.3 is 9.67 Å². The van der Waals surface area contributed by atoms with Crippen LogP contribution in [0.15, 0.2) is 72.8 Å². The Bertz CT molecular complexity index is 1430. The Kier molecular flexibility index (Phi) is 7.16. The van der Waals surface area contributed by atoms with Crippen molar-refractivity contribution in [1.29, 1.82) is 0 Å². The summed E-state index contributed by atoms with van der Waals surface area (Å²) in [5, 5.41) is 9.44. The molecule has 35 heavy (non-hydrogen) atoms. The fraction of sp³-hybridized carbons (Fsp3) is 0.231. The summed E-state index contributed by atoms with van der Waals surface area (Å²) in [4.78, 5) is 16.2. The third-order valence-electron chi connectivity index (χ3n) is 5.64. The predicted molar refractivity (Wildman–Crippen MR) is 133 cm³/mol. The molecule has 0 aliphatic carbocycles. The van der Waals surface area contributed by atoms with Gasteiger partial charge in [0.2, 0.25) is 10.0 Å². The number of imidazole rings is 1. The Morgan fingerprint density at radius 2 is 1.71 bits per heavy atom. The molecule has 9 heteroatoms. The molecule has 0 radical (unpaired) electrons. The molecule has 0 saturated carbocycles. The van der Waals surface area contributed by atoms with Crippen LogP contribution in [0.5, 0.6) is 0 Å². The van der Waals surface area contributed by atoms with Gasteiger partial charge in [-0.05, 0) is 41.8 Å². The molecular formula is C26H26FN3O4S. The third-order valence-corrected chi connectivity index (χ3v) is 7.33. The first-order valence-corrected chi connectivity index (χ1v) is 12.9. The molecule has 0 spiro atoms. The molecule has 0 unspecified atom stereocenters. The first-order valence-electron chi connectivity index (χ1n) is 11.3. The number of rotatable bonds is 10. The van der Waals surface area contributed by atoms with Crippen LogP contribution in [0.1, 0.15) is 30.3 Å². The molecule has 0 aliphatic rings. The first-order chi connectivity index (χ1) is 16.8. The first kappa shape index (κ1) is 24.4. The molecule has 0 fully saturated rings. The summed E-state index contributed by atoms with van der Waals surface area (Å²) in [6.45, 7) is 1.77. The van der Waals surface area contributed by atoms with Gasteiger partial charge in [-0.1, -0.05) is 55.5 Å². The molecule has 7 nitrogen and oxygen atoms in total. The van der Waals surface area contributed by atoms with Crippen molar-refractivity contribution < 1.29 is 22.7 Å². The number of aryl methyl sites for hydroxylation is 1. The SMILES string of the molecule is CCCc1nc2c(N(Cc3ccccc3)S(=O)(=O)Cc3ccc(F)cc3)cccc2n1CC(=O)O. The maximum Gasteiger partial charge on any atom is 0.323 e. The van der Waals surface area contributed by atoms with Crippen molar-refractivity contribution in [3.05, 3.63) is 95.6 Å². The van der Waals surface area contributed by atoms with Crippen molar-refractivity contribution >= 4 is 32.7 Å². The third kappa shape index (κ3) is 5.51. The Morgan fingerprint density at radius 1 is 1.00 bits per heavy atom. The fourth-order valence-corrected chi connectivity index (χ4v) is 5.62. The van der Waals surface area contributed by atoms with Crippen molar-refractivity contribution in [2.24, 2.45) is 0 Å². The second kappa shape index (κ2) is 10.3. The molecule has 4 rings (SSSR count). The molecule has 1 aromatic heterocycles. The van der Waals surface area contributed by atoms with Gasteiger partial charge in [-0.25, -0.2) is 17.8 Å². The molecule has 0 aliphatic heterocycles. The number of halogens is 1. The summed E-state index contributed by atoms with van der Waals surface area (Å²) in [5.41, 5.74) is 2.60. The normalized spacial score (nSPS) is 11.6. The highest BCUT2D eigenvalue weighted by atomic mass is 32.2. The average molecular weight is 496 g/mol. The van der Waals surface area contributed by atoms with Gasteiger partial charge in [-0.2, -0.15) is 0 Å². The average Bonchev–Trinajstić information content (AvgIpc) is 3.16. The van der Waals surface area contributed by atoms with Crippen LogP contribution >= 0.6 is 0 Å². The van der Waals surface area contributed by atoms with E-state index in [0.29, 0.717) is 34.5 Å². The maximum atomic E-state index is 13.7. The number of anilines is 1. The minimum absolute atomic E-state index is 0.0678. The van der Waals surface area contributed by atoms with E-state index in [2.05, 4.69) is 0 Å². The van der Waals surface area contributed by atoms with E-state index in [1.165, 1.54) is 28.6 Å². The van der Waals surface area contributed by atoms with E-state index in [0.717, 1.165) is 12.0 Å². The van der Waals surface area contributed by atoms with Crippen molar-refractivity contribution in [3.63, 3.8) is 0 Å². The van der Waals surface area contributed by atoms with Gasteiger partial charge in [0.25, 0.3) is 0 Å². The van der Waals surface area contributed by atoms with Crippen LogP contribution in [0.25, 0.3) is 11.0 Å². The minimum atomic E-state index is -3.92. The van der Waals surface area contributed by atoms with Gasteiger partial charge in [-0.3, -0.25) is 9.10 Å². The van der Waals surface area contributed by atoms with E-state index < -0.39 is 21.8 Å². The zero-order valence-corrected chi connectivity index (χ0v) is 20.1. The topological polar surface area (TPSA) is 92.5 Å². The molecule has 1 heterocycles. The van der Waals surface area contributed by atoms with Crippen molar-refractivity contribution in [2.75, 3.05) is 4.31 Å². The van der Waals surface area contributed by atoms with Crippen LogP contribution in [-0.2, 0) is 40.1 Å². The highest BCUT2D eigenvalue weighted by molar-refractivity contribution is 7.92. The monoisotopic (exact) mass is 495 g/mol. The number of carboxylic acid groups (broad SMARTS) is 1. The standard InChI is InChI=1S/C26H26FN3O4S/c1-2-7-24-28-26-22(29(24)17-25(31)32)10-6-11-23(26)30(16-19-8-4-3-5-9-19)35(33,34)18-20-12-14-21(27)15-13-20/h3-6,8-15H,2,7,16-18H2,1H3,(H,31,32). The second-order valence-corrected chi connectivity index (χ2v) is 10.2. The van der Waals surface area contributed by atoms with Gasteiger partial charge >= 0.3 is 5.97 Å². The Morgan fingerprint density at radius 3 is 2.37 bits per heavy atom. The highest BCUT2D eigenvalue weighted by Crippen LogP contribution is 2.32. The lowest BCUT2D eigenvalue weighted by molar-refractivity contribution is -0.137. The fourth-order valence-electron chi connectivity index (χ4n) is 4.06. The van der Waals surface area contributed by atoms with Gasteiger partial charge in [0.05, 0.1) is 23.5 Å². The number of para-hydroxylation sites is 1. The Labute approximate surface area is 203 Å². The maximum absolute atomic E-state index is 13.7. The van der Waals surface area contributed by atoms with Gasteiger partial charge in [0.15, 0.2) is 0 Å². The Hall–Kier alpha value is -3.72. The molecule has 4 aromatic rings. The molecule has 1 N–H and O–H groups in total. The molecule has 0 atom stereocenters. The van der Waals surface area contributed by atoms with Crippen LogP contribution in [0.2, 0.25) is 0 Å². The molecule has 3 aromatic carbocycles. The van der Waals surface area contributed by atoms with E-state index in [9.17, 15) is 22.7 Å². The smallest absolute Gasteiger partial charge is 0.323 e. The van der Waals surface area contributed by atoms with Gasteiger partial charge in [-0.15, -0.1) is 0 Å². The van der Waals surface area contributed by atoms with Crippen molar-refractivity contribution in [1.82, 2.24) is 9.55 Å². The lowest BCUT2D eigenvalue weighted by Gasteiger charge is -2.25. The van der Waals surface area contributed by atoms with Gasteiger partial charge in [0.1, 0.15) is 23.7 Å². The van der Waals surface area contributed by atoms with Crippen LogP contribution in [0, 0.1) is 5.82 Å². The minimum Gasteiger partial charge on any atom is -0.480 e. The van der Waals surface area contributed by atoms with Crippen molar-refractivity contribution in [3.8, 4) is 0 Å². The number of benzene rings is 3. The summed E-state index contributed by atoms with van der Waals surface area (Å²) in [7, 11) is -3.92. The molecule has 0 saturated heterocycles. The zero-order chi connectivity index (χ0) is 25.0. The number of nitrogens with zero attached hydrogens (tertiary/aromatic N) is 3. The highest BCUT2D eigenvalue weighted by Gasteiger charge is 2.27. The molecule has 0 amide bonds. The summed E-state index contributed by atoms with van der Waals surface area (Å²) in [6, 6.07) is 19.7. The van der Waals surface area contributed by atoms with Gasteiger partial charge in [0, 0.05) is 6.42 Å². The number of hydrogen-bond acceptors (Lipinski definition) is 4. The summed E-state index contributed by atoms with van der Waals surface area (Å²) < 4.78 is 43.8. The quantitative estimate of drug-likeness (QED) is 0.343. The lowest BCUT2D eigenvalue weighted by atomic mass is 10.2. The van der Waals surface area contributed by atoms with E-state index in [-0.39, 0.29) is 18.8 Å². The number of sulfonamides is 1. The van der Waals surface area contributed by atoms with E-state index in [4.69, 9.17) is 4.98 Å². The summed E-state index contributed by atoms with van der Waals surface area (Å²) in [5.74, 6) is -1.18. The van der Waals surface area contributed by atoms with Crippen LogP contribution in [0.3, 0.4) is 0 Å². The number of carboxylic acids is 1. The van der Waals surface area contributed by atoms with E-state index >= 15 is 0 Å². The van der Waals surface area contributed by atoms with Crippen LogP contribution in [-0.4, -0.2) is 29.0 Å². The van der Waals surface area contributed by atoms with Crippen LogP contribution < -0.4 is 4.31 Å². The number of aromatic nitrogens is 2. The molecule has 182 valence electrons. The molecular weight excluding hydrogens is 469 g/mol. The van der Waals surface area contributed by atoms with E-state index in [1.54, 1.807) is 22.8 Å². The zero-order valence-electron chi connectivity index (χ0n) is 19.3. The van der Waals surface area contributed by atoms with Crippen LogP contribution in [0.4, 0.5) is 10.1 Å². The number of aliphatic carboxylic acids is 1. The molecule has 0 bridgehead atoms. The lowest BCUT2D eigenvalue weighted by Crippen LogP contribution is -2.32. The summed E-state index contributed by atoms with van der Waals surface area (Å²) in [6.07, 6.45) is 1.32. The van der Waals surface area contributed by atoms with E-state index in [1.807, 2.05) is 37.3 Å². The predicted octanol–water partition coefficient (Wildman–Crippen LogP) is 4.75. The summed E-state index contributed by atoms with van der Waals surface area (Å²) >= 11 is 0. The number of carbonyl (C=O) groups is 1. The number of hydrogen-bond donors (Lipinski definition) is 1. The largest absolute Gasteiger partial charge is 0.480 e. The second-order valence-electron chi connectivity index (χ2n) is 8.28. The number of fused-ring (bicyclic) bond motifs is 1. The Balaban J connectivity index is 1.86.